The molecule has 89 heavy (non-hydrogen) atoms. The summed E-state index contributed by atoms with van der Waals surface area (Å²) in [5.74, 6) is -0.245. The molecular weight excluding hydrogens is 1140 g/mol. The maximum absolute atomic E-state index is 13.4. The Hall–Kier alpha value is -1.99. The average Bonchev–Trinajstić information content (AvgIpc) is 2.44. The number of aliphatic hydroxyl groups excluding tert-OH is 11. The van der Waals surface area contributed by atoms with E-state index >= 15 is 0 Å². The van der Waals surface area contributed by atoms with Crippen molar-refractivity contribution < 1.29 is 89.4 Å². The largest absolute Gasteiger partial charge is 0.394 e. The highest BCUT2D eigenvalue weighted by atomic mass is 16.8. The van der Waals surface area contributed by atoms with Crippen molar-refractivity contribution in [3.63, 3.8) is 0 Å². The second-order valence-corrected chi connectivity index (χ2v) is 25.7. The van der Waals surface area contributed by atoms with Gasteiger partial charge in [0.15, 0.2) is 18.9 Å². The second kappa shape index (κ2) is 52.3. The van der Waals surface area contributed by atoms with Gasteiger partial charge >= 0.3 is 0 Å². The van der Waals surface area contributed by atoms with Crippen LogP contribution in [0.5, 0.6) is 0 Å². The number of ether oxygens (including phenoxy) is 6. The molecule has 0 aromatic heterocycles. The van der Waals surface area contributed by atoms with Gasteiger partial charge in [-0.15, -0.1) is 0 Å². The average molecular weight is 1270 g/mol. The molecule has 0 aromatic rings. The first-order valence-electron chi connectivity index (χ1n) is 35.7. The zero-order valence-corrected chi connectivity index (χ0v) is 55.2. The highest BCUT2D eigenvalue weighted by Crippen LogP contribution is 2.33. The minimum absolute atomic E-state index is 0.245. The highest BCUT2D eigenvalue weighted by molar-refractivity contribution is 5.76. The number of nitrogens with one attached hydrogen (secondary N) is 1. The monoisotopic (exact) mass is 1270 g/mol. The van der Waals surface area contributed by atoms with Crippen LogP contribution in [0.1, 0.15) is 271 Å². The van der Waals surface area contributed by atoms with E-state index in [0.717, 1.165) is 64.2 Å². The molecule has 3 heterocycles. The molecule has 0 saturated carbocycles. The predicted octanol–water partition coefficient (Wildman–Crippen LogP) is 9.61. The number of rotatable bonds is 55. The third kappa shape index (κ3) is 34.3. The predicted molar refractivity (Wildman–Crippen MR) is 346 cm³/mol. The normalized spacial score (nSPS) is 28.4. The number of amides is 1. The summed E-state index contributed by atoms with van der Waals surface area (Å²) in [6, 6.07) is -0.890. The Labute approximate surface area is 536 Å². The number of carbonyl (C=O) groups excluding carboxylic acids is 1. The van der Waals surface area contributed by atoms with Crippen molar-refractivity contribution in [3.8, 4) is 0 Å². The van der Waals surface area contributed by atoms with E-state index < -0.39 is 124 Å². The van der Waals surface area contributed by atoms with Crippen molar-refractivity contribution in [1.29, 1.82) is 0 Å². The second-order valence-electron chi connectivity index (χ2n) is 25.7. The Morgan fingerprint density at radius 2 is 0.742 bits per heavy atom. The summed E-state index contributed by atoms with van der Waals surface area (Å²) >= 11 is 0. The lowest BCUT2D eigenvalue weighted by Crippen LogP contribution is -2.66. The first kappa shape index (κ1) is 81.2. The lowest BCUT2D eigenvalue weighted by molar-refractivity contribution is -0.379. The van der Waals surface area contributed by atoms with Crippen LogP contribution in [0.15, 0.2) is 36.5 Å². The molecule has 3 saturated heterocycles. The van der Waals surface area contributed by atoms with Crippen molar-refractivity contribution in [3.05, 3.63) is 36.5 Å². The van der Waals surface area contributed by atoms with E-state index in [1.165, 1.54) is 173 Å². The topological polar surface area (TPSA) is 307 Å². The van der Waals surface area contributed by atoms with Crippen LogP contribution >= 0.6 is 0 Å². The van der Waals surface area contributed by atoms with Crippen LogP contribution in [0.25, 0.3) is 0 Å². The van der Waals surface area contributed by atoms with E-state index in [1.54, 1.807) is 0 Å². The minimum atomic E-state index is -1.97. The Morgan fingerprint density at radius 3 is 1.16 bits per heavy atom. The van der Waals surface area contributed by atoms with Gasteiger partial charge in [-0.1, -0.05) is 249 Å². The van der Waals surface area contributed by atoms with Gasteiger partial charge in [0.1, 0.15) is 73.2 Å². The Morgan fingerprint density at radius 1 is 0.404 bits per heavy atom. The molecule has 0 spiro atoms. The number of carbonyl (C=O) groups is 1. The van der Waals surface area contributed by atoms with Gasteiger partial charge in [0, 0.05) is 6.42 Å². The van der Waals surface area contributed by atoms with E-state index in [4.69, 9.17) is 28.4 Å². The van der Waals surface area contributed by atoms with Crippen LogP contribution in [-0.4, -0.2) is 193 Å². The van der Waals surface area contributed by atoms with Gasteiger partial charge in [-0.05, 0) is 51.4 Å². The first-order valence-corrected chi connectivity index (χ1v) is 35.7. The van der Waals surface area contributed by atoms with Crippen LogP contribution in [0.3, 0.4) is 0 Å². The zero-order valence-electron chi connectivity index (χ0n) is 55.2. The van der Waals surface area contributed by atoms with Gasteiger partial charge in [0.05, 0.1) is 38.6 Å². The van der Waals surface area contributed by atoms with Crippen molar-refractivity contribution in [2.45, 2.75) is 375 Å². The van der Waals surface area contributed by atoms with Gasteiger partial charge in [-0.3, -0.25) is 4.79 Å². The first-order chi connectivity index (χ1) is 43.3. The molecular formula is C70H129NO18. The summed E-state index contributed by atoms with van der Waals surface area (Å²) in [6.45, 7) is 1.81. The van der Waals surface area contributed by atoms with Gasteiger partial charge in [0.25, 0.3) is 0 Å². The zero-order chi connectivity index (χ0) is 64.7. The van der Waals surface area contributed by atoms with E-state index in [2.05, 4.69) is 55.6 Å². The summed E-state index contributed by atoms with van der Waals surface area (Å²) < 4.78 is 34.4. The molecule has 3 aliphatic rings. The number of allylic oxidation sites excluding steroid dienone is 6. The summed E-state index contributed by atoms with van der Waals surface area (Å²) in [5.41, 5.74) is 0. The summed E-state index contributed by atoms with van der Waals surface area (Å²) in [4.78, 5) is 13.4. The van der Waals surface area contributed by atoms with Crippen LogP contribution < -0.4 is 5.32 Å². The molecule has 12 N–H and O–H groups in total. The molecule has 17 atom stereocenters. The number of hydrogen-bond donors (Lipinski definition) is 12. The third-order valence-electron chi connectivity index (χ3n) is 18.0. The van der Waals surface area contributed by atoms with Crippen molar-refractivity contribution >= 4 is 5.91 Å². The van der Waals surface area contributed by atoms with Crippen LogP contribution in [0.2, 0.25) is 0 Å². The minimum Gasteiger partial charge on any atom is -0.394 e. The molecule has 3 fully saturated rings. The van der Waals surface area contributed by atoms with E-state index in [1.807, 2.05) is 0 Å². The van der Waals surface area contributed by atoms with Crippen molar-refractivity contribution in [1.82, 2.24) is 5.32 Å². The molecule has 0 bridgehead atoms. The maximum Gasteiger partial charge on any atom is 0.220 e. The van der Waals surface area contributed by atoms with Gasteiger partial charge in [-0.2, -0.15) is 0 Å². The molecule has 3 aliphatic heterocycles. The fraction of sp³-hybridized carbons (Fsp3) is 0.900. The molecule has 0 aromatic carbocycles. The summed E-state index contributed by atoms with van der Waals surface area (Å²) in [6.07, 6.45) is 33.5. The summed E-state index contributed by atoms with van der Waals surface area (Å²) in [5, 5.41) is 121. The third-order valence-corrected chi connectivity index (χ3v) is 18.0. The van der Waals surface area contributed by atoms with Gasteiger partial charge < -0.3 is 89.9 Å². The Bertz CT molecular complexity index is 1760. The van der Waals surface area contributed by atoms with Crippen LogP contribution in [0.4, 0.5) is 0 Å². The van der Waals surface area contributed by atoms with E-state index in [-0.39, 0.29) is 18.9 Å². The number of hydrogen-bond acceptors (Lipinski definition) is 18. The number of unbranched alkanes of at least 4 members (excludes halogenated alkanes) is 33. The molecule has 17 unspecified atom stereocenters. The standard InChI is InChI=1S/C70H129NO18/c1-3-5-7-9-11-13-15-17-19-21-23-24-25-26-27-28-30-32-34-36-38-40-42-44-46-48-58(76)71-53(54(75)47-45-43-41-39-37-35-33-31-29-22-20-18-16-14-12-10-8-6-4-2)52-84-68-64(82)61(79)66(56(50-73)86-68)89-70-65(83)62(80)67(57(51-74)87-70)88-69-63(81)60(78)59(77)55(49-72)85-69/h15,17,21,23,25-26,53-57,59-70,72-75,77-83H,3-14,16,18-20,22,24,27-52H2,1-2H3,(H,71,76)/b17-15-,23-21-,26-25-. The van der Waals surface area contributed by atoms with Crippen molar-refractivity contribution in [2.75, 3.05) is 26.4 Å². The quantitative estimate of drug-likeness (QED) is 0.0199. The summed E-state index contributed by atoms with van der Waals surface area (Å²) in [7, 11) is 0. The highest BCUT2D eigenvalue weighted by Gasteiger charge is 2.53. The number of aliphatic hydroxyl groups is 11. The SMILES string of the molecule is CCCCCCC/C=C\C/C=C\C/C=C\CCCCCCCCCCCCC(=O)NC(COC1OC(CO)C(OC2OC(CO)C(OC3OC(CO)C(O)C(O)C3O)C(O)C2O)C(O)C1O)C(O)CCCCCCCCCCCCCCCCCCCCC. The Kier molecular flexibility index (Phi) is 47.7. The molecule has 0 radical (unpaired) electrons. The lowest BCUT2D eigenvalue weighted by Gasteiger charge is -2.48. The van der Waals surface area contributed by atoms with E-state index in [0.29, 0.717) is 12.8 Å². The van der Waals surface area contributed by atoms with E-state index in [9.17, 15) is 61.0 Å². The Balaban J connectivity index is 1.42. The van der Waals surface area contributed by atoms with Crippen molar-refractivity contribution in [2.24, 2.45) is 0 Å². The fourth-order valence-electron chi connectivity index (χ4n) is 12.1. The van der Waals surface area contributed by atoms with Crippen LogP contribution in [0, 0.1) is 0 Å². The molecule has 19 nitrogen and oxygen atoms in total. The molecule has 1 amide bonds. The molecule has 522 valence electrons. The smallest absolute Gasteiger partial charge is 0.220 e. The molecule has 19 heteroatoms. The fourth-order valence-corrected chi connectivity index (χ4v) is 12.1. The van der Waals surface area contributed by atoms with Crippen LogP contribution in [-0.2, 0) is 33.2 Å². The molecule has 3 rings (SSSR count). The lowest BCUT2D eigenvalue weighted by atomic mass is 9.96. The van der Waals surface area contributed by atoms with Gasteiger partial charge in [-0.25, -0.2) is 0 Å². The molecule has 0 aliphatic carbocycles. The maximum atomic E-state index is 13.4. The van der Waals surface area contributed by atoms with Gasteiger partial charge in [0.2, 0.25) is 5.91 Å².